The molecular formula is C23H26N6O2. The van der Waals surface area contributed by atoms with E-state index in [1.807, 2.05) is 42.6 Å². The highest BCUT2D eigenvalue weighted by molar-refractivity contribution is 5.65. The standard InChI is InChI=1S/C23H26N6O2/c1-15-12-20(27-31-15)19-13-21-25-17(3)16(2)22(29(21)26-19)28-10-5-7-23(30,8-11-28)18-6-4-9-24-14-18/h4,6,9,12-14,30H,5,7-8,10-11H2,1-3H3. The number of nitrogens with zero attached hydrogens (tertiary/aromatic N) is 6. The molecule has 1 N–H and O–H groups in total. The molecule has 4 aromatic rings. The van der Waals surface area contributed by atoms with Gasteiger partial charge in [-0.05, 0) is 46.1 Å². The summed E-state index contributed by atoms with van der Waals surface area (Å²) in [5, 5.41) is 20.3. The van der Waals surface area contributed by atoms with E-state index in [9.17, 15) is 5.11 Å². The molecule has 0 bridgehead atoms. The maximum Gasteiger partial charge on any atom is 0.158 e. The van der Waals surface area contributed by atoms with Gasteiger partial charge in [0.2, 0.25) is 0 Å². The molecule has 4 aromatic heterocycles. The van der Waals surface area contributed by atoms with Crippen LogP contribution in [0.2, 0.25) is 0 Å². The van der Waals surface area contributed by atoms with Crippen LogP contribution in [0.4, 0.5) is 5.82 Å². The van der Waals surface area contributed by atoms with E-state index in [2.05, 4.69) is 22.0 Å². The summed E-state index contributed by atoms with van der Waals surface area (Å²) in [6, 6.07) is 7.66. The molecule has 1 fully saturated rings. The number of pyridine rings is 1. The van der Waals surface area contributed by atoms with Gasteiger partial charge < -0.3 is 14.5 Å². The lowest BCUT2D eigenvalue weighted by atomic mass is 9.88. The van der Waals surface area contributed by atoms with Gasteiger partial charge in [0.15, 0.2) is 5.65 Å². The average molecular weight is 419 g/mol. The molecule has 1 unspecified atom stereocenters. The topological polar surface area (TPSA) is 92.6 Å². The number of hydrogen-bond donors (Lipinski definition) is 1. The third-order valence-corrected chi connectivity index (χ3v) is 6.25. The summed E-state index contributed by atoms with van der Waals surface area (Å²) in [6.07, 6.45) is 5.70. The minimum atomic E-state index is -0.869. The molecule has 0 aromatic carbocycles. The van der Waals surface area contributed by atoms with Crippen molar-refractivity contribution in [2.45, 2.75) is 45.6 Å². The van der Waals surface area contributed by atoms with E-state index in [0.29, 0.717) is 25.1 Å². The van der Waals surface area contributed by atoms with Crippen LogP contribution in [-0.4, -0.2) is 42.9 Å². The van der Waals surface area contributed by atoms with Gasteiger partial charge in [-0.25, -0.2) is 4.98 Å². The Bertz CT molecular complexity index is 1230. The van der Waals surface area contributed by atoms with Crippen molar-refractivity contribution in [3.05, 3.63) is 59.2 Å². The molecule has 1 saturated heterocycles. The van der Waals surface area contributed by atoms with Gasteiger partial charge in [-0.15, -0.1) is 0 Å². The molecule has 0 saturated carbocycles. The number of aromatic nitrogens is 5. The molecule has 1 atom stereocenters. The van der Waals surface area contributed by atoms with Crippen molar-refractivity contribution in [2.24, 2.45) is 0 Å². The molecule has 8 nitrogen and oxygen atoms in total. The fourth-order valence-corrected chi connectivity index (χ4v) is 4.42. The van der Waals surface area contributed by atoms with Crippen LogP contribution >= 0.6 is 0 Å². The zero-order valence-electron chi connectivity index (χ0n) is 18.0. The summed E-state index contributed by atoms with van der Waals surface area (Å²) in [5.74, 6) is 1.76. The van der Waals surface area contributed by atoms with Crippen molar-refractivity contribution in [1.29, 1.82) is 0 Å². The van der Waals surface area contributed by atoms with E-state index in [1.54, 1.807) is 12.4 Å². The molecule has 0 radical (unpaired) electrons. The molecule has 0 aliphatic carbocycles. The van der Waals surface area contributed by atoms with Crippen LogP contribution in [0.3, 0.4) is 0 Å². The summed E-state index contributed by atoms with van der Waals surface area (Å²) in [6.45, 7) is 7.51. The minimum absolute atomic E-state index is 0.623. The molecule has 160 valence electrons. The monoisotopic (exact) mass is 418 g/mol. The second-order valence-electron chi connectivity index (χ2n) is 8.38. The minimum Gasteiger partial charge on any atom is -0.385 e. The van der Waals surface area contributed by atoms with Gasteiger partial charge >= 0.3 is 0 Å². The number of aliphatic hydroxyl groups is 1. The predicted molar refractivity (Wildman–Crippen MR) is 117 cm³/mol. The zero-order valence-corrected chi connectivity index (χ0v) is 18.0. The average Bonchev–Trinajstić information content (AvgIpc) is 3.33. The van der Waals surface area contributed by atoms with Crippen LogP contribution in [0.5, 0.6) is 0 Å². The van der Waals surface area contributed by atoms with E-state index in [4.69, 9.17) is 14.6 Å². The first-order valence-corrected chi connectivity index (χ1v) is 10.6. The van der Waals surface area contributed by atoms with E-state index in [1.165, 1.54) is 0 Å². The van der Waals surface area contributed by atoms with E-state index in [0.717, 1.165) is 52.7 Å². The number of hydrogen-bond acceptors (Lipinski definition) is 7. The van der Waals surface area contributed by atoms with E-state index >= 15 is 0 Å². The van der Waals surface area contributed by atoms with E-state index in [-0.39, 0.29) is 0 Å². The molecule has 31 heavy (non-hydrogen) atoms. The highest BCUT2D eigenvalue weighted by Gasteiger charge is 2.33. The third kappa shape index (κ3) is 3.46. The van der Waals surface area contributed by atoms with Gasteiger partial charge in [0, 0.05) is 54.4 Å². The summed E-state index contributed by atoms with van der Waals surface area (Å²) in [5.41, 5.74) is 4.28. The van der Waals surface area contributed by atoms with Crippen molar-refractivity contribution in [3.63, 3.8) is 0 Å². The molecule has 0 amide bonds. The van der Waals surface area contributed by atoms with Crippen molar-refractivity contribution in [3.8, 4) is 11.4 Å². The van der Waals surface area contributed by atoms with Gasteiger partial charge in [-0.2, -0.15) is 9.61 Å². The summed E-state index contributed by atoms with van der Waals surface area (Å²) in [7, 11) is 0. The fourth-order valence-electron chi connectivity index (χ4n) is 4.42. The fraction of sp³-hybridized carbons (Fsp3) is 0.391. The molecule has 8 heteroatoms. The van der Waals surface area contributed by atoms with Crippen molar-refractivity contribution in [2.75, 3.05) is 18.0 Å². The largest absolute Gasteiger partial charge is 0.385 e. The Balaban J connectivity index is 1.53. The lowest BCUT2D eigenvalue weighted by molar-refractivity contribution is 0.0241. The van der Waals surface area contributed by atoms with Crippen molar-refractivity contribution >= 4 is 11.5 Å². The van der Waals surface area contributed by atoms with Crippen LogP contribution in [0.25, 0.3) is 17.0 Å². The van der Waals surface area contributed by atoms with Crippen molar-refractivity contribution in [1.82, 2.24) is 24.7 Å². The molecule has 1 aliphatic heterocycles. The number of aryl methyl sites for hydroxylation is 2. The molecular weight excluding hydrogens is 392 g/mol. The lowest BCUT2D eigenvalue weighted by Crippen LogP contribution is -2.31. The van der Waals surface area contributed by atoms with Crippen molar-refractivity contribution < 1.29 is 9.63 Å². The summed E-state index contributed by atoms with van der Waals surface area (Å²) in [4.78, 5) is 11.3. The van der Waals surface area contributed by atoms with Gasteiger partial charge in [0.05, 0.1) is 5.60 Å². The molecule has 5 rings (SSSR count). The Morgan fingerprint density at radius 3 is 2.71 bits per heavy atom. The Morgan fingerprint density at radius 2 is 1.97 bits per heavy atom. The second kappa shape index (κ2) is 7.46. The molecule has 5 heterocycles. The van der Waals surface area contributed by atoms with Crippen LogP contribution in [0.15, 0.2) is 41.2 Å². The Morgan fingerprint density at radius 1 is 1.10 bits per heavy atom. The number of anilines is 1. The van der Waals surface area contributed by atoms with Crippen LogP contribution in [0.1, 0.15) is 41.8 Å². The first kappa shape index (κ1) is 19.7. The highest BCUT2D eigenvalue weighted by atomic mass is 16.5. The summed E-state index contributed by atoms with van der Waals surface area (Å²) >= 11 is 0. The Labute approximate surface area is 180 Å². The van der Waals surface area contributed by atoms with Crippen LogP contribution in [0, 0.1) is 20.8 Å². The maximum atomic E-state index is 11.4. The SMILES string of the molecule is Cc1cc(-c2cc3nc(C)c(C)c(N4CCCC(O)(c5cccnc5)CC4)n3n2)no1. The Kier molecular flexibility index (Phi) is 4.74. The van der Waals surface area contributed by atoms with E-state index < -0.39 is 5.60 Å². The van der Waals surface area contributed by atoms with Gasteiger partial charge in [-0.3, -0.25) is 4.98 Å². The normalized spacial score (nSPS) is 19.7. The van der Waals surface area contributed by atoms with Gasteiger partial charge in [0.25, 0.3) is 0 Å². The quantitative estimate of drug-likeness (QED) is 0.543. The smallest absolute Gasteiger partial charge is 0.158 e. The highest BCUT2D eigenvalue weighted by Crippen LogP contribution is 2.35. The second-order valence-corrected chi connectivity index (χ2v) is 8.38. The van der Waals surface area contributed by atoms with Gasteiger partial charge in [-0.1, -0.05) is 11.2 Å². The van der Waals surface area contributed by atoms with Gasteiger partial charge in [0.1, 0.15) is 23.0 Å². The first-order valence-electron chi connectivity index (χ1n) is 10.6. The van der Waals surface area contributed by atoms with Crippen LogP contribution in [-0.2, 0) is 5.60 Å². The maximum absolute atomic E-state index is 11.4. The zero-order chi connectivity index (χ0) is 21.6. The van der Waals surface area contributed by atoms with Crippen LogP contribution < -0.4 is 4.90 Å². The predicted octanol–water partition coefficient (Wildman–Crippen LogP) is 3.58. The first-order chi connectivity index (χ1) is 14.9. The molecule has 1 aliphatic rings. The number of rotatable bonds is 3. The Hall–Kier alpha value is -3.26. The number of fused-ring (bicyclic) bond motifs is 1. The molecule has 0 spiro atoms. The summed E-state index contributed by atoms with van der Waals surface area (Å²) < 4.78 is 7.13. The lowest BCUT2D eigenvalue weighted by Gasteiger charge is -2.28. The third-order valence-electron chi connectivity index (χ3n) is 6.25.